The topological polar surface area (TPSA) is 93.1 Å². The lowest BCUT2D eigenvalue weighted by atomic mass is 10.2. The minimum atomic E-state index is -3.69. The van der Waals surface area contributed by atoms with E-state index in [-0.39, 0.29) is 21.5 Å². The molecule has 9 heteroatoms. The maximum Gasteiger partial charge on any atom is 0.252 e. The summed E-state index contributed by atoms with van der Waals surface area (Å²) < 4.78 is 28.8. The van der Waals surface area contributed by atoms with Gasteiger partial charge in [-0.25, -0.2) is 18.1 Å². The minimum Gasteiger partial charge on any atom is -0.352 e. The summed E-state index contributed by atoms with van der Waals surface area (Å²) >= 11 is 6.05. The number of amides is 1. The van der Waals surface area contributed by atoms with Crippen LogP contribution in [0.25, 0.3) is 0 Å². The van der Waals surface area contributed by atoms with Crippen LogP contribution in [0.4, 0.5) is 0 Å². The number of carbonyl (C=O) groups excluding carboxylic acids is 1. The van der Waals surface area contributed by atoms with Crippen molar-refractivity contribution >= 4 is 27.5 Å². The smallest absolute Gasteiger partial charge is 0.252 e. The molecular weight excluding hydrogens is 364 g/mol. The molecule has 0 spiro atoms. The fraction of sp³-hybridized carbons (Fsp3) is 0.375. The number of nitrogens with zero attached hydrogens (tertiary/aromatic N) is 2. The Bertz CT molecular complexity index is 820. The molecule has 0 saturated heterocycles. The predicted octanol–water partition coefficient (Wildman–Crippen LogP) is 2.04. The maximum absolute atomic E-state index is 12.3. The zero-order valence-electron chi connectivity index (χ0n) is 14.1. The van der Waals surface area contributed by atoms with E-state index in [2.05, 4.69) is 15.0 Å². The van der Waals surface area contributed by atoms with Gasteiger partial charge in [-0.1, -0.05) is 11.6 Å². The summed E-state index contributed by atoms with van der Waals surface area (Å²) in [6.07, 6.45) is 5.95. The summed E-state index contributed by atoms with van der Waals surface area (Å²) in [6, 6.07) is 3.83. The standard InChI is InChI=1S/C16H21ClN4O3S/c1-12(2)20-25(23,24)13-4-5-15(17)14(10-13)16(22)19-6-3-8-21-9-7-18-11-21/h4-5,7,9-12,20H,3,6,8H2,1-2H3,(H,19,22). The van der Waals surface area contributed by atoms with Crippen molar-refractivity contribution in [2.75, 3.05) is 6.54 Å². The Labute approximate surface area is 152 Å². The van der Waals surface area contributed by atoms with Gasteiger partial charge in [-0.2, -0.15) is 0 Å². The number of nitrogens with one attached hydrogen (secondary N) is 2. The van der Waals surface area contributed by atoms with Gasteiger partial charge >= 0.3 is 0 Å². The fourth-order valence-corrected chi connectivity index (χ4v) is 3.68. The van der Waals surface area contributed by atoms with Crippen molar-refractivity contribution in [2.45, 2.75) is 37.8 Å². The quantitative estimate of drug-likeness (QED) is 0.681. The normalized spacial score (nSPS) is 11.7. The molecule has 1 aromatic heterocycles. The number of aryl methyl sites for hydroxylation is 1. The number of sulfonamides is 1. The van der Waals surface area contributed by atoms with E-state index < -0.39 is 15.9 Å². The summed E-state index contributed by atoms with van der Waals surface area (Å²) in [5.74, 6) is -0.405. The highest BCUT2D eigenvalue weighted by Crippen LogP contribution is 2.20. The first-order valence-electron chi connectivity index (χ1n) is 7.85. The number of benzene rings is 1. The number of rotatable bonds is 8. The van der Waals surface area contributed by atoms with Crippen LogP contribution in [0.1, 0.15) is 30.6 Å². The van der Waals surface area contributed by atoms with Crippen LogP contribution >= 0.6 is 11.6 Å². The third-order valence-corrected chi connectivity index (χ3v) is 5.31. The second kappa shape index (κ2) is 8.46. The average Bonchev–Trinajstić information content (AvgIpc) is 3.03. The Morgan fingerprint density at radius 1 is 1.36 bits per heavy atom. The van der Waals surface area contributed by atoms with E-state index in [1.807, 2.05) is 10.8 Å². The number of halogens is 1. The largest absolute Gasteiger partial charge is 0.352 e. The van der Waals surface area contributed by atoms with Crippen LogP contribution in [0.2, 0.25) is 5.02 Å². The molecule has 1 heterocycles. The first-order valence-corrected chi connectivity index (χ1v) is 9.71. The van der Waals surface area contributed by atoms with Gasteiger partial charge < -0.3 is 9.88 Å². The minimum absolute atomic E-state index is 0.00849. The molecule has 2 N–H and O–H groups in total. The van der Waals surface area contributed by atoms with Crippen molar-refractivity contribution in [3.8, 4) is 0 Å². The lowest BCUT2D eigenvalue weighted by Crippen LogP contribution is -2.31. The molecule has 0 aliphatic carbocycles. The van der Waals surface area contributed by atoms with Gasteiger partial charge in [0.25, 0.3) is 5.91 Å². The number of carbonyl (C=O) groups is 1. The van der Waals surface area contributed by atoms with Crippen molar-refractivity contribution in [3.63, 3.8) is 0 Å². The molecule has 25 heavy (non-hydrogen) atoms. The SMILES string of the molecule is CC(C)NS(=O)(=O)c1ccc(Cl)c(C(=O)NCCCn2ccnc2)c1. The van der Waals surface area contributed by atoms with Crippen LogP contribution < -0.4 is 10.0 Å². The van der Waals surface area contributed by atoms with Gasteiger partial charge in [-0.15, -0.1) is 0 Å². The molecule has 0 aliphatic rings. The van der Waals surface area contributed by atoms with Crippen LogP contribution in [0, 0.1) is 0 Å². The Hall–Kier alpha value is -1.90. The molecule has 0 aliphatic heterocycles. The molecule has 0 bridgehead atoms. The van der Waals surface area contributed by atoms with E-state index in [1.54, 1.807) is 26.4 Å². The van der Waals surface area contributed by atoms with Crippen molar-refractivity contribution < 1.29 is 13.2 Å². The lowest BCUT2D eigenvalue weighted by molar-refractivity contribution is 0.0952. The highest BCUT2D eigenvalue weighted by molar-refractivity contribution is 7.89. The van der Waals surface area contributed by atoms with E-state index >= 15 is 0 Å². The van der Waals surface area contributed by atoms with E-state index in [4.69, 9.17) is 11.6 Å². The van der Waals surface area contributed by atoms with E-state index in [1.165, 1.54) is 18.2 Å². The molecule has 1 aromatic carbocycles. The Kier molecular flexibility index (Phi) is 6.57. The van der Waals surface area contributed by atoms with Crippen LogP contribution in [-0.2, 0) is 16.6 Å². The van der Waals surface area contributed by atoms with Crippen LogP contribution in [0.15, 0.2) is 41.8 Å². The molecule has 136 valence electrons. The van der Waals surface area contributed by atoms with Crippen molar-refractivity contribution in [1.29, 1.82) is 0 Å². The Morgan fingerprint density at radius 2 is 2.12 bits per heavy atom. The molecule has 2 aromatic rings. The zero-order chi connectivity index (χ0) is 18.4. The van der Waals surface area contributed by atoms with Gasteiger partial charge in [-0.3, -0.25) is 4.79 Å². The molecular formula is C16H21ClN4O3S. The maximum atomic E-state index is 12.3. The average molecular weight is 385 g/mol. The predicted molar refractivity (Wildman–Crippen MR) is 96.1 cm³/mol. The van der Waals surface area contributed by atoms with Crippen molar-refractivity contribution in [3.05, 3.63) is 47.5 Å². The molecule has 0 saturated carbocycles. The molecule has 0 fully saturated rings. The summed E-state index contributed by atoms with van der Waals surface area (Å²) in [5, 5.41) is 2.95. The molecule has 0 radical (unpaired) electrons. The zero-order valence-corrected chi connectivity index (χ0v) is 15.6. The van der Waals surface area contributed by atoms with Gasteiger partial charge in [0.2, 0.25) is 10.0 Å². The second-order valence-electron chi connectivity index (χ2n) is 5.83. The Morgan fingerprint density at radius 3 is 2.76 bits per heavy atom. The third kappa shape index (κ3) is 5.55. The van der Waals surface area contributed by atoms with Crippen LogP contribution in [0.5, 0.6) is 0 Å². The Balaban J connectivity index is 2.02. The molecule has 0 atom stereocenters. The first-order chi connectivity index (χ1) is 11.8. The lowest BCUT2D eigenvalue weighted by Gasteiger charge is -2.12. The third-order valence-electron chi connectivity index (χ3n) is 3.32. The highest BCUT2D eigenvalue weighted by atomic mass is 35.5. The molecule has 0 unspecified atom stereocenters. The van der Waals surface area contributed by atoms with Crippen molar-refractivity contribution in [2.24, 2.45) is 0 Å². The summed E-state index contributed by atoms with van der Waals surface area (Å²) in [7, 11) is -3.69. The highest BCUT2D eigenvalue weighted by Gasteiger charge is 2.19. The monoisotopic (exact) mass is 384 g/mol. The van der Waals surface area contributed by atoms with E-state index in [0.717, 1.165) is 6.54 Å². The van der Waals surface area contributed by atoms with Gasteiger partial charge in [0.15, 0.2) is 0 Å². The molecule has 7 nitrogen and oxygen atoms in total. The number of aromatic nitrogens is 2. The summed E-state index contributed by atoms with van der Waals surface area (Å²) in [5.41, 5.74) is 0.135. The number of hydrogen-bond donors (Lipinski definition) is 2. The van der Waals surface area contributed by atoms with Gasteiger partial charge in [-0.05, 0) is 38.5 Å². The molecule has 1 amide bonds. The van der Waals surface area contributed by atoms with Crippen molar-refractivity contribution in [1.82, 2.24) is 19.6 Å². The van der Waals surface area contributed by atoms with Crippen LogP contribution in [-0.4, -0.2) is 36.5 Å². The van der Waals surface area contributed by atoms with Crippen LogP contribution in [0.3, 0.4) is 0 Å². The number of hydrogen-bond acceptors (Lipinski definition) is 4. The first kappa shape index (κ1) is 19.4. The van der Waals surface area contributed by atoms with E-state index in [9.17, 15) is 13.2 Å². The van der Waals surface area contributed by atoms with Gasteiger partial charge in [0.05, 0.1) is 21.8 Å². The van der Waals surface area contributed by atoms with Gasteiger partial charge in [0, 0.05) is 31.5 Å². The summed E-state index contributed by atoms with van der Waals surface area (Å²) in [4.78, 5) is 16.3. The summed E-state index contributed by atoms with van der Waals surface area (Å²) in [6.45, 7) is 4.61. The fourth-order valence-electron chi connectivity index (χ4n) is 2.20. The number of imidazole rings is 1. The van der Waals surface area contributed by atoms with E-state index in [0.29, 0.717) is 13.0 Å². The van der Waals surface area contributed by atoms with Gasteiger partial charge in [0.1, 0.15) is 0 Å². The molecule has 2 rings (SSSR count). The second-order valence-corrected chi connectivity index (χ2v) is 7.95.